The summed E-state index contributed by atoms with van der Waals surface area (Å²) in [7, 11) is 0. The van der Waals surface area contributed by atoms with Crippen LogP contribution in [0.2, 0.25) is 0 Å². The van der Waals surface area contributed by atoms with Gasteiger partial charge >= 0.3 is 0 Å². The van der Waals surface area contributed by atoms with Crippen LogP contribution in [-0.2, 0) is 6.54 Å². The highest BCUT2D eigenvalue weighted by Crippen LogP contribution is 2.28. The molecule has 1 N–H and O–H groups in total. The number of fused-ring (bicyclic) bond motifs is 2. The topological polar surface area (TPSA) is 24.9 Å². The van der Waals surface area contributed by atoms with Gasteiger partial charge in [0.1, 0.15) is 0 Å². The van der Waals surface area contributed by atoms with E-state index in [9.17, 15) is 0 Å². The molecule has 0 aliphatic carbocycles. The van der Waals surface area contributed by atoms with E-state index in [4.69, 9.17) is 4.98 Å². The van der Waals surface area contributed by atoms with E-state index in [1.807, 2.05) is 0 Å². The Hall–Kier alpha value is -3.65. The van der Waals surface area contributed by atoms with Gasteiger partial charge < -0.3 is 5.32 Å². The predicted molar refractivity (Wildman–Crippen MR) is 118 cm³/mol. The Bertz CT molecular complexity index is 1260. The van der Waals surface area contributed by atoms with Crippen molar-refractivity contribution in [3.05, 3.63) is 109 Å². The minimum Gasteiger partial charge on any atom is -0.379 e. The van der Waals surface area contributed by atoms with Crippen molar-refractivity contribution < 1.29 is 0 Å². The summed E-state index contributed by atoms with van der Waals surface area (Å²) in [6.45, 7) is 0.687. The first-order valence-electron chi connectivity index (χ1n) is 9.54. The van der Waals surface area contributed by atoms with Crippen LogP contribution in [0.5, 0.6) is 0 Å². The smallest absolute Gasteiger partial charge is 0.0712 e. The van der Waals surface area contributed by atoms with Gasteiger partial charge in [0.05, 0.1) is 17.9 Å². The van der Waals surface area contributed by atoms with Gasteiger partial charge in [-0.15, -0.1) is 0 Å². The van der Waals surface area contributed by atoms with Gasteiger partial charge in [0.25, 0.3) is 0 Å². The Morgan fingerprint density at radius 2 is 1.21 bits per heavy atom. The van der Waals surface area contributed by atoms with Gasteiger partial charge in [-0.2, -0.15) is 0 Å². The van der Waals surface area contributed by atoms with Crippen LogP contribution in [0.4, 0.5) is 5.69 Å². The first-order valence-corrected chi connectivity index (χ1v) is 9.54. The number of aromatic nitrogens is 1. The van der Waals surface area contributed by atoms with Crippen LogP contribution in [0.1, 0.15) is 5.69 Å². The van der Waals surface area contributed by atoms with E-state index in [0.29, 0.717) is 6.54 Å². The van der Waals surface area contributed by atoms with Crippen molar-refractivity contribution in [3.63, 3.8) is 0 Å². The van der Waals surface area contributed by atoms with E-state index >= 15 is 0 Å². The molecule has 0 spiro atoms. The third kappa shape index (κ3) is 3.10. The van der Waals surface area contributed by atoms with Crippen molar-refractivity contribution in [2.75, 3.05) is 5.32 Å². The Balaban J connectivity index is 1.46. The predicted octanol–water partition coefficient (Wildman–Crippen LogP) is 6.67. The second-order valence-corrected chi connectivity index (χ2v) is 6.92. The van der Waals surface area contributed by atoms with Gasteiger partial charge in [-0.25, -0.2) is 0 Å². The Morgan fingerprint density at radius 1 is 0.571 bits per heavy atom. The number of hydrogen-bond acceptors (Lipinski definition) is 2. The van der Waals surface area contributed by atoms with Crippen molar-refractivity contribution in [2.24, 2.45) is 0 Å². The van der Waals surface area contributed by atoms with Gasteiger partial charge in [-0.3, -0.25) is 4.98 Å². The van der Waals surface area contributed by atoms with Crippen LogP contribution >= 0.6 is 0 Å². The second kappa shape index (κ2) is 7.16. The van der Waals surface area contributed by atoms with Crippen LogP contribution in [0.25, 0.3) is 32.8 Å². The lowest BCUT2D eigenvalue weighted by atomic mass is 10.0. The molecule has 1 aromatic heterocycles. The average molecular weight is 360 g/mol. The molecule has 134 valence electrons. The lowest BCUT2D eigenvalue weighted by Crippen LogP contribution is -2.02. The van der Waals surface area contributed by atoms with Gasteiger partial charge in [-0.1, -0.05) is 84.9 Å². The molecule has 0 bridgehead atoms. The molecule has 1 heterocycles. The molecule has 0 aliphatic heterocycles. The summed E-state index contributed by atoms with van der Waals surface area (Å²) < 4.78 is 0. The molecule has 0 atom stereocenters. The van der Waals surface area contributed by atoms with Crippen molar-refractivity contribution in [3.8, 4) is 11.3 Å². The molecule has 5 aromatic rings. The minimum atomic E-state index is 0.687. The molecule has 0 fully saturated rings. The number of anilines is 1. The molecule has 0 radical (unpaired) electrons. The largest absolute Gasteiger partial charge is 0.379 e. The lowest BCUT2D eigenvalue weighted by molar-refractivity contribution is 1.05. The van der Waals surface area contributed by atoms with E-state index in [1.165, 1.54) is 27.1 Å². The highest BCUT2D eigenvalue weighted by atomic mass is 14.9. The van der Waals surface area contributed by atoms with Crippen molar-refractivity contribution in [1.29, 1.82) is 0 Å². The first kappa shape index (κ1) is 16.5. The fourth-order valence-corrected chi connectivity index (χ4v) is 3.74. The lowest BCUT2D eigenvalue weighted by Gasteiger charge is -2.11. The van der Waals surface area contributed by atoms with Crippen LogP contribution in [0.15, 0.2) is 103 Å². The van der Waals surface area contributed by atoms with Crippen molar-refractivity contribution >= 4 is 27.2 Å². The summed E-state index contributed by atoms with van der Waals surface area (Å²) in [5.74, 6) is 0. The summed E-state index contributed by atoms with van der Waals surface area (Å²) in [5, 5.41) is 8.50. The molecule has 0 saturated heterocycles. The summed E-state index contributed by atoms with van der Waals surface area (Å²) in [5.41, 5.74) is 4.34. The minimum absolute atomic E-state index is 0.687. The van der Waals surface area contributed by atoms with Gasteiger partial charge in [0, 0.05) is 16.6 Å². The summed E-state index contributed by atoms with van der Waals surface area (Å²) in [4.78, 5) is 4.93. The van der Waals surface area contributed by atoms with E-state index in [1.54, 1.807) is 0 Å². The highest BCUT2D eigenvalue weighted by molar-refractivity contribution is 5.96. The maximum Gasteiger partial charge on any atom is 0.0712 e. The van der Waals surface area contributed by atoms with Crippen LogP contribution in [-0.4, -0.2) is 4.98 Å². The number of pyridine rings is 1. The summed E-state index contributed by atoms with van der Waals surface area (Å²) in [6, 6.07) is 35.9. The zero-order valence-electron chi connectivity index (χ0n) is 15.5. The SMILES string of the molecule is c1cc(CNc2cccc3ccccc23)nc(-c2cccc3ccccc23)c1. The molecule has 0 aliphatic rings. The monoisotopic (exact) mass is 360 g/mol. The van der Waals surface area contributed by atoms with Gasteiger partial charge in [0.2, 0.25) is 0 Å². The molecular weight excluding hydrogens is 340 g/mol. The zero-order valence-corrected chi connectivity index (χ0v) is 15.5. The number of nitrogens with zero attached hydrogens (tertiary/aromatic N) is 1. The number of hydrogen-bond donors (Lipinski definition) is 1. The molecule has 4 aromatic carbocycles. The molecule has 5 rings (SSSR count). The number of benzene rings is 4. The second-order valence-electron chi connectivity index (χ2n) is 6.92. The highest BCUT2D eigenvalue weighted by Gasteiger charge is 2.06. The Morgan fingerprint density at radius 3 is 2.07 bits per heavy atom. The first-order chi connectivity index (χ1) is 13.9. The maximum atomic E-state index is 4.93. The Labute approximate surface area is 164 Å². The summed E-state index contributed by atoms with van der Waals surface area (Å²) in [6.07, 6.45) is 0. The third-order valence-electron chi connectivity index (χ3n) is 5.12. The van der Waals surface area contributed by atoms with Gasteiger partial charge in [-0.05, 0) is 34.4 Å². The molecule has 0 unspecified atom stereocenters. The van der Waals surface area contributed by atoms with Crippen LogP contribution < -0.4 is 5.32 Å². The Kier molecular flexibility index (Phi) is 4.23. The fraction of sp³-hybridized carbons (Fsp3) is 0.0385. The average Bonchev–Trinajstić information content (AvgIpc) is 2.77. The van der Waals surface area contributed by atoms with Crippen LogP contribution in [0, 0.1) is 0 Å². The quantitative estimate of drug-likeness (QED) is 0.387. The van der Waals surface area contributed by atoms with E-state index in [-0.39, 0.29) is 0 Å². The van der Waals surface area contributed by atoms with Crippen molar-refractivity contribution in [1.82, 2.24) is 4.98 Å². The molecular formula is C26H20N2. The normalized spacial score (nSPS) is 11.0. The van der Waals surface area contributed by atoms with Gasteiger partial charge in [0.15, 0.2) is 0 Å². The molecule has 0 saturated carbocycles. The van der Waals surface area contributed by atoms with E-state index in [2.05, 4.69) is 108 Å². The molecule has 2 heteroatoms. The standard InChI is InChI=1S/C26H20N2/c1-3-13-22-19(8-1)10-5-15-24(22)26-17-7-12-21(28-26)18-27-25-16-6-11-20-9-2-4-14-23(20)25/h1-17,27H,18H2. The number of rotatable bonds is 4. The summed E-state index contributed by atoms with van der Waals surface area (Å²) >= 11 is 0. The van der Waals surface area contributed by atoms with E-state index in [0.717, 1.165) is 17.1 Å². The molecule has 28 heavy (non-hydrogen) atoms. The molecule has 0 amide bonds. The maximum absolute atomic E-state index is 4.93. The third-order valence-corrected chi connectivity index (χ3v) is 5.12. The fourth-order valence-electron chi connectivity index (χ4n) is 3.74. The van der Waals surface area contributed by atoms with Crippen molar-refractivity contribution in [2.45, 2.75) is 6.54 Å². The zero-order chi connectivity index (χ0) is 18.8. The number of nitrogens with one attached hydrogen (secondary N) is 1. The van der Waals surface area contributed by atoms with E-state index < -0.39 is 0 Å². The van der Waals surface area contributed by atoms with Crippen LogP contribution in [0.3, 0.4) is 0 Å². The molecule has 2 nitrogen and oxygen atoms in total.